The highest BCUT2D eigenvalue weighted by Crippen LogP contribution is 2.39. The number of carbonyl (C=O) groups is 2. The number of para-hydroxylation sites is 1. The maximum atomic E-state index is 14.3. The normalized spacial score (nSPS) is 12.6. The number of amides is 2. The lowest BCUT2D eigenvalue weighted by Crippen LogP contribution is -2.29. The van der Waals surface area contributed by atoms with Crippen LogP contribution >= 0.6 is 0 Å². The highest BCUT2D eigenvalue weighted by atomic mass is 16.2. The van der Waals surface area contributed by atoms with Crippen molar-refractivity contribution in [3.63, 3.8) is 0 Å². The number of hydrogen-bond donors (Lipinski definition) is 0. The molecule has 0 unspecified atom stereocenters. The van der Waals surface area contributed by atoms with Crippen molar-refractivity contribution < 1.29 is 9.59 Å². The van der Waals surface area contributed by atoms with Crippen LogP contribution in [0.4, 0.5) is 11.4 Å². The van der Waals surface area contributed by atoms with Gasteiger partial charge >= 0.3 is 0 Å². The van der Waals surface area contributed by atoms with E-state index in [-0.39, 0.29) is 11.8 Å². The van der Waals surface area contributed by atoms with Crippen LogP contribution in [-0.2, 0) is 0 Å². The van der Waals surface area contributed by atoms with Gasteiger partial charge in [-0.1, -0.05) is 78.9 Å². The monoisotopic (exact) mass is 566 g/mol. The fraction of sp³-hybridized carbons (Fsp3) is 0. The third-order valence-electron chi connectivity index (χ3n) is 8.21. The molecule has 5 aromatic carbocycles. The predicted octanol–water partition coefficient (Wildman–Crippen LogP) is 8.86. The van der Waals surface area contributed by atoms with E-state index < -0.39 is 0 Å². The molecule has 2 aromatic heterocycles. The lowest BCUT2D eigenvalue weighted by molar-refractivity contribution is 0.0926. The fourth-order valence-corrected chi connectivity index (χ4v) is 6.20. The van der Waals surface area contributed by atoms with E-state index in [9.17, 15) is 9.59 Å². The summed E-state index contributed by atoms with van der Waals surface area (Å²) < 4.78 is 2.06. The number of benzene rings is 5. The van der Waals surface area contributed by atoms with Crippen LogP contribution in [0.2, 0.25) is 0 Å². The Balaban J connectivity index is 1.32. The zero-order chi connectivity index (χ0) is 29.8. The summed E-state index contributed by atoms with van der Waals surface area (Å²) in [5.74, 6) is -0.706. The first-order chi connectivity index (χ1) is 21.6. The Morgan fingerprint density at radius 1 is 0.591 bits per heavy atom. The van der Waals surface area contributed by atoms with Crippen LogP contribution in [0.1, 0.15) is 20.7 Å². The van der Waals surface area contributed by atoms with Crippen molar-refractivity contribution in [3.05, 3.63) is 156 Å². The molecular formula is C38H22N4O2. The molecule has 2 amide bonds. The van der Waals surface area contributed by atoms with Crippen molar-refractivity contribution in [2.45, 2.75) is 0 Å². The second kappa shape index (κ2) is 9.90. The lowest BCUT2D eigenvalue weighted by atomic mass is 10.0. The van der Waals surface area contributed by atoms with Gasteiger partial charge in [0.15, 0.2) is 0 Å². The van der Waals surface area contributed by atoms with Gasteiger partial charge in [-0.25, -0.2) is 9.74 Å². The SMILES string of the molecule is [C-]#[N+]c1cncc(-c2ccc3c4ccccc4n(-c4cccc5c4C(=O)N(c4cccc(-c6ccccc6)c4)C5=O)c3c2)c1. The summed E-state index contributed by atoms with van der Waals surface area (Å²) in [7, 11) is 0. The molecule has 0 bridgehead atoms. The molecule has 0 aliphatic carbocycles. The molecule has 0 atom stereocenters. The Labute approximate surface area is 252 Å². The van der Waals surface area contributed by atoms with Gasteiger partial charge in [-0.05, 0) is 64.7 Å². The largest absolute Gasteiger partial charge is 0.308 e. The minimum atomic E-state index is -0.359. The Hall–Kier alpha value is -6.32. The molecular weight excluding hydrogens is 544 g/mol. The second-order valence-electron chi connectivity index (χ2n) is 10.7. The molecule has 206 valence electrons. The maximum Gasteiger partial charge on any atom is 0.268 e. The van der Waals surface area contributed by atoms with Crippen LogP contribution in [0.5, 0.6) is 0 Å². The van der Waals surface area contributed by atoms with E-state index in [1.54, 1.807) is 24.5 Å². The zero-order valence-corrected chi connectivity index (χ0v) is 23.3. The van der Waals surface area contributed by atoms with E-state index in [0.29, 0.717) is 28.2 Å². The number of anilines is 1. The van der Waals surface area contributed by atoms with E-state index >= 15 is 0 Å². The summed E-state index contributed by atoms with van der Waals surface area (Å²) in [6.45, 7) is 7.41. The summed E-state index contributed by atoms with van der Waals surface area (Å²) in [5, 5.41) is 2.05. The molecule has 0 saturated carbocycles. The van der Waals surface area contributed by atoms with Crippen LogP contribution in [-0.4, -0.2) is 21.4 Å². The van der Waals surface area contributed by atoms with Gasteiger partial charge in [-0.2, -0.15) is 0 Å². The van der Waals surface area contributed by atoms with Crippen molar-refractivity contribution in [1.29, 1.82) is 0 Å². The van der Waals surface area contributed by atoms with Gasteiger partial charge in [0, 0.05) is 23.2 Å². The number of carbonyl (C=O) groups excluding carboxylic acids is 2. The van der Waals surface area contributed by atoms with Gasteiger partial charge in [-0.15, -0.1) is 0 Å². The summed E-state index contributed by atoms with van der Waals surface area (Å²) in [4.78, 5) is 37.2. The summed E-state index contributed by atoms with van der Waals surface area (Å²) in [6.07, 6.45) is 3.29. The zero-order valence-electron chi connectivity index (χ0n) is 23.3. The van der Waals surface area contributed by atoms with Gasteiger partial charge in [0.1, 0.15) is 0 Å². The molecule has 6 nitrogen and oxygen atoms in total. The quantitative estimate of drug-likeness (QED) is 0.158. The van der Waals surface area contributed by atoms with Crippen LogP contribution in [0.3, 0.4) is 0 Å². The molecule has 8 rings (SSSR count). The van der Waals surface area contributed by atoms with E-state index in [4.69, 9.17) is 6.57 Å². The molecule has 44 heavy (non-hydrogen) atoms. The Kier molecular flexibility index (Phi) is 5.71. The number of pyridine rings is 1. The molecule has 1 aliphatic rings. The van der Waals surface area contributed by atoms with Crippen LogP contribution in [0.25, 0.3) is 54.6 Å². The topological polar surface area (TPSA) is 59.6 Å². The number of fused-ring (bicyclic) bond motifs is 4. The first-order valence-electron chi connectivity index (χ1n) is 14.2. The van der Waals surface area contributed by atoms with Gasteiger partial charge in [0.2, 0.25) is 5.69 Å². The molecule has 6 heteroatoms. The minimum Gasteiger partial charge on any atom is -0.308 e. The first kappa shape index (κ1) is 25.4. The third kappa shape index (κ3) is 3.84. The Bertz CT molecular complexity index is 2350. The van der Waals surface area contributed by atoms with Gasteiger partial charge < -0.3 is 4.57 Å². The highest BCUT2D eigenvalue weighted by Gasteiger charge is 2.39. The standard InChI is InChI=1S/C38H22N4O2/c1-39-28-19-27(22-40-23-28)26-17-18-31-30-13-5-6-15-33(30)42(35(31)21-26)34-16-8-14-32-36(34)38(44)41(37(32)43)29-12-7-11-25(20-29)24-9-3-2-4-10-24/h2-23H. The predicted molar refractivity (Wildman–Crippen MR) is 173 cm³/mol. The molecule has 7 aromatic rings. The number of hydrogen-bond acceptors (Lipinski definition) is 3. The van der Waals surface area contributed by atoms with Crippen molar-refractivity contribution in [1.82, 2.24) is 9.55 Å². The average molecular weight is 567 g/mol. The van der Waals surface area contributed by atoms with Crippen LogP contribution in [0.15, 0.2) is 134 Å². The number of rotatable bonds is 4. The molecule has 3 heterocycles. The lowest BCUT2D eigenvalue weighted by Gasteiger charge is -2.16. The van der Waals surface area contributed by atoms with Gasteiger partial charge in [-0.3, -0.25) is 14.6 Å². The van der Waals surface area contributed by atoms with Crippen molar-refractivity contribution in [2.24, 2.45) is 0 Å². The number of aromatic nitrogens is 2. The van der Waals surface area contributed by atoms with Gasteiger partial charge in [0.05, 0.1) is 40.1 Å². The van der Waals surface area contributed by atoms with Gasteiger partial charge in [0.25, 0.3) is 11.8 Å². The molecule has 0 spiro atoms. The molecule has 0 saturated heterocycles. The van der Waals surface area contributed by atoms with E-state index in [2.05, 4.69) is 32.6 Å². The van der Waals surface area contributed by atoms with Crippen molar-refractivity contribution >= 4 is 45.0 Å². The molecule has 0 radical (unpaired) electrons. The highest BCUT2D eigenvalue weighted by molar-refractivity contribution is 6.36. The third-order valence-corrected chi connectivity index (χ3v) is 8.21. The average Bonchev–Trinajstić information content (AvgIpc) is 3.55. The van der Waals surface area contributed by atoms with E-state index in [0.717, 1.165) is 44.1 Å². The summed E-state index contributed by atoms with van der Waals surface area (Å²) in [6, 6.07) is 38.9. The molecule has 0 fully saturated rings. The maximum absolute atomic E-state index is 14.3. The fourth-order valence-electron chi connectivity index (χ4n) is 6.20. The summed E-state index contributed by atoms with van der Waals surface area (Å²) >= 11 is 0. The molecule has 1 aliphatic heterocycles. The minimum absolute atomic E-state index is 0.347. The van der Waals surface area contributed by atoms with E-state index in [1.807, 2.05) is 91.0 Å². The first-order valence-corrected chi connectivity index (χ1v) is 14.2. The molecule has 0 N–H and O–H groups in total. The van der Waals surface area contributed by atoms with Crippen molar-refractivity contribution in [3.8, 4) is 27.9 Å². The van der Waals surface area contributed by atoms with Crippen LogP contribution in [0, 0.1) is 6.57 Å². The number of imide groups is 1. The number of nitrogens with zero attached hydrogens (tertiary/aromatic N) is 4. The van der Waals surface area contributed by atoms with E-state index in [1.165, 1.54) is 4.90 Å². The Morgan fingerprint density at radius 2 is 1.34 bits per heavy atom. The Morgan fingerprint density at radius 3 is 2.20 bits per heavy atom. The summed E-state index contributed by atoms with van der Waals surface area (Å²) in [5.41, 5.74) is 7.82. The van der Waals surface area contributed by atoms with Crippen molar-refractivity contribution in [2.75, 3.05) is 4.90 Å². The smallest absolute Gasteiger partial charge is 0.268 e. The second-order valence-corrected chi connectivity index (χ2v) is 10.7. The van der Waals surface area contributed by atoms with Crippen LogP contribution < -0.4 is 4.90 Å².